The lowest BCUT2D eigenvalue weighted by atomic mass is 10.1. The Kier molecular flexibility index (Phi) is 10.9. The number of nitrogens with zero attached hydrogens (tertiary/aromatic N) is 1. The molecule has 0 saturated carbocycles. The minimum atomic E-state index is -0.554. The van der Waals surface area contributed by atoms with Crippen LogP contribution in [-0.2, 0) is 9.59 Å². The largest absolute Gasteiger partial charge is 0.493 e. The summed E-state index contributed by atoms with van der Waals surface area (Å²) >= 11 is 1.23. The second-order valence-corrected chi connectivity index (χ2v) is 10.5. The zero-order valence-corrected chi connectivity index (χ0v) is 24.9. The maximum Gasteiger partial charge on any atom is 0.272 e. The standard InChI is InChI=1S/C33H30N4O6S/c1-3-43-30-15-8-7-12-24(30)18-29(36-32(39)23-10-5-4-6-11-23)33(40)34-25-13-9-14-27(19-25)44-21-31(38)35-28-20-26(37(41)42)17-16-22(28)2/h4-20H,3,21H2,1-2H3,(H,34,40)(H,35,38)(H,36,39)/b29-18+. The van der Waals surface area contributed by atoms with Gasteiger partial charge in [0.05, 0.1) is 23.0 Å². The van der Waals surface area contributed by atoms with E-state index in [1.807, 2.05) is 13.0 Å². The van der Waals surface area contributed by atoms with Crippen LogP contribution in [0, 0.1) is 17.0 Å². The number of ether oxygens (including phenoxy) is 1. The van der Waals surface area contributed by atoms with Crippen molar-refractivity contribution in [2.24, 2.45) is 0 Å². The first-order chi connectivity index (χ1) is 21.2. The zero-order valence-electron chi connectivity index (χ0n) is 24.0. The number of anilines is 2. The zero-order chi connectivity index (χ0) is 31.5. The van der Waals surface area contributed by atoms with Gasteiger partial charge < -0.3 is 20.7 Å². The van der Waals surface area contributed by atoms with E-state index in [1.54, 1.807) is 91.9 Å². The van der Waals surface area contributed by atoms with Crippen LogP contribution in [0.5, 0.6) is 5.75 Å². The first-order valence-electron chi connectivity index (χ1n) is 13.6. The van der Waals surface area contributed by atoms with Gasteiger partial charge in [-0.25, -0.2) is 0 Å². The van der Waals surface area contributed by atoms with Crippen LogP contribution < -0.4 is 20.7 Å². The molecule has 4 aromatic carbocycles. The van der Waals surface area contributed by atoms with E-state index < -0.39 is 16.7 Å². The molecule has 0 spiro atoms. The lowest BCUT2D eigenvalue weighted by molar-refractivity contribution is -0.384. The summed E-state index contributed by atoms with van der Waals surface area (Å²) in [5.74, 6) is -0.746. The molecule has 10 nitrogen and oxygen atoms in total. The summed E-state index contributed by atoms with van der Waals surface area (Å²) in [6.45, 7) is 4.03. The summed E-state index contributed by atoms with van der Waals surface area (Å²) in [6.07, 6.45) is 1.56. The van der Waals surface area contributed by atoms with Crippen molar-refractivity contribution >= 4 is 52.6 Å². The van der Waals surface area contributed by atoms with E-state index in [0.717, 1.165) is 0 Å². The summed E-state index contributed by atoms with van der Waals surface area (Å²) in [7, 11) is 0. The molecule has 4 rings (SSSR count). The number of non-ortho nitro benzene ring substituents is 1. The second kappa shape index (κ2) is 15.2. The highest BCUT2D eigenvalue weighted by Gasteiger charge is 2.17. The van der Waals surface area contributed by atoms with E-state index in [4.69, 9.17) is 4.74 Å². The van der Waals surface area contributed by atoms with Crippen LogP contribution in [0.2, 0.25) is 0 Å². The van der Waals surface area contributed by atoms with E-state index in [9.17, 15) is 24.5 Å². The molecule has 0 radical (unpaired) electrons. The molecular weight excluding hydrogens is 580 g/mol. The number of para-hydroxylation sites is 1. The van der Waals surface area contributed by atoms with Gasteiger partial charge in [0.15, 0.2) is 0 Å². The van der Waals surface area contributed by atoms with Gasteiger partial charge in [0.1, 0.15) is 11.4 Å². The van der Waals surface area contributed by atoms with E-state index >= 15 is 0 Å². The van der Waals surface area contributed by atoms with Crippen LogP contribution in [0.1, 0.15) is 28.4 Å². The second-order valence-electron chi connectivity index (χ2n) is 9.42. The molecule has 0 unspecified atom stereocenters. The molecular formula is C33H30N4O6S. The molecule has 0 aliphatic rings. The van der Waals surface area contributed by atoms with E-state index in [2.05, 4.69) is 16.0 Å². The average Bonchev–Trinajstić information content (AvgIpc) is 3.02. The molecule has 0 aliphatic carbocycles. The lowest BCUT2D eigenvalue weighted by Crippen LogP contribution is -2.30. The van der Waals surface area contributed by atoms with Crippen LogP contribution in [-0.4, -0.2) is 35.0 Å². The Bertz CT molecular complexity index is 1710. The Hall–Kier alpha value is -5.42. The third-order valence-corrected chi connectivity index (χ3v) is 7.21. The van der Waals surface area contributed by atoms with Crippen LogP contribution >= 0.6 is 11.8 Å². The van der Waals surface area contributed by atoms with Gasteiger partial charge in [-0.1, -0.05) is 48.5 Å². The van der Waals surface area contributed by atoms with Gasteiger partial charge in [-0.3, -0.25) is 24.5 Å². The topological polar surface area (TPSA) is 140 Å². The molecule has 0 heterocycles. The van der Waals surface area contributed by atoms with Crippen LogP contribution in [0.15, 0.2) is 108 Å². The van der Waals surface area contributed by atoms with Crippen molar-refractivity contribution in [3.8, 4) is 5.75 Å². The normalized spacial score (nSPS) is 10.9. The molecule has 4 aromatic rings. The van der Waals surface area contributed by atoms with Gasteiger partial charge >= 0.3 is 0 Å². The molecule has 3 N–H and O–H groups in total. The number of hydrogen-bond donors (Lipinski definition) is 3. The van der Waals surface area contributed by atoms with Crippen molar-refractivity contribution in [1.29, 1.82) is 0 Å². The van der Waals surface area contributed by atoms with Crippen molar-refractivity contribution < 1.29 is 24.0 Å². The third-order valence-electron chi connectivity index (χ3n) is 6.22. The van der Waals surface area contributed by atoms with Crippen molar-refractivity contribution in [3.63, 3.8) is 0 Å². The maximum absolute atomic E-state index is 13.5. The number of nitro groups is 1. The predicted molar refractivity (Wildman–Crippen MR) is 172 cm³/mol. The van der Waals surface area contributed by atoms with E-state index in [1.165, 1.54) is 23.9 Å². The van der Waals surface area contributed by atoms with E-state index in [0.29, 0.717) is 45.3 Å². The summed E-state index contributed by atoms with van der Waals surface area (Å²) in [4.78, 5) is 50.4. The van der Waals surface area contributed by atoms with Crippen molar-refractivity contribution in [2.75, 3.05) is 23.0 Å². The Balaban J connectivity index is 1.48. The van der Waals surface area contributed by atoms with Crippen LogP contribution in [0.4, 0.5) is 17.1 Å². The smallest absolute Gasteiger partial charge is 0.272 e. The van der Waals surface area contributed by atoms with Gasteiger partial charge in [0.25, 0.3) is 17.5 Å². The highest BCUT2D eigenvalue weighted by atomic mass is 32.2. The fraction of sp³-hybridized carbons (Fsp3) is 0.121. The van der Waals surface area contributed by atoms with Crippen molar-refractivity contribution in [2.45, 2.75) is 18.7 Å². The SMILES string of the molecule is CCOc1ccccc1/C=C(/NC(=O)c1ccccc1)C(=O)Nc1cccc(SCC(=O)Nc2cc([N+](=O)[O-])ccc2C)c1. The van der Waals surface area contributed by atoms with Crippen molar-refractivity contribution in [3.05, 3.63) is 130 Å². The lowest BCUT2D eigenvalue weighted by Gasteiger charge is -2.13. The van der Waals surface area contributed by atoms with Gasteiger partial charge in [-0.2, -0.15) is 0 Å². The molecule has 44 heavy (non-hydrogen) atoms. The number of nitrogens with one attached hydrogen (secondary N) is 3. The first-order valence-corrected chi connectivity index (χ1v) is 14.6. The maximum atomic E-state index is 13.5. The van der Waals surface area contributed by atoms with E-state index in [-0.39, 0.29) is 23.0 Å². The van der Waals surface area contributed by atoms with Gasteiger partial charge in [0.2, 0.25) is 5.91 Å². The monoisotopic (exact) mass is 610 g/mol. The number of amides is 3. The molecule has 11 heteroatoms. The molecule has 0 bridgehead atoms. The minimum absolute atomic E-state index is 0.00997. The average molecular weight is 611 g/mol. The quantitative estimate of drug-likeness (QED) is 0.0726. The third kappa shape index (κ3) is 8.79. The number of rotatable bonds is 12. The predicted octanol–water partition coefficient (Wildman–Crippen LogP) is 6.44. The fourth-order valence-electron chi connectivity index (χ4n) is 4.04. The number of aryl methyl sites for hydroxylation is 1. The highest BCUT2D eigenvalue weighted by Crippen LogP contribution is 2.25. The first kappa shape index (κ1) is 31.5. The number of thioether (sulfide) groups is 1. The summed E-state index contributed by atoms with van der Waals surface area (Å²) < 4.78 is 5.69. The van der Waals surface area contributed by atoms with Crippen LogP contribution in [0.25, 0.3) is 6.08 Å². The fourth-order valence-corrected chi connectivity index (χ4v) is 4.80. The summed E-state index contributed by atoms with van der Waals surface area (Å²) in [5, 5.41) is 19.3. The Morgan fingerprint density at radius 3 is 2.41 bits per heavy atom. The summed E-state index contributed by atoms with van der Waals surface area (Å²) in [6, 6.07) is 26.9. The number of carbonyl (C=O) groups is 3. The summed E-state index contributed by atoms with van der Waals surface area (Å²) in [5.41, 5.74) is 2.42. The number of benzene rings is 4. The Morgan fingerprint density at radius 2 is 1.66 bits per heavy atom. The van der Waals surface area contributed by atoms with Crippen molar-refractivity contribution in [1.82, 2.24) is 5.32 Å². The van der Waals surface area contributed by atoms with Gasteiger partial charge in [0, 0.05) is 33.8 Å². The molecule has 0 atom stereocenters. The molecule has 224 valence electrons. The Morgan fingerprint density at radius 1 is 0.909 bits per heavy atom. The van der Waals surface area contributed by atoms with Gasteiger partial charge in [-0.15, -0.1) is 11.8 Å². The molecule has 0 fully saturated rings. The number of carbonyl (C=O) groups excluding carboxylic acids is 3. The minimum Gasteiger partial charge on any atom is -0.493 e. The Labute approximate surface area is 258 Å². The van der Waals surface area contributed by atoms with Crippen LogP contribution in [0.3, 0.4) is 0 Å². The highest BCUT2D eigenvalue weighted by molar-refractivity contribution is 8.00. The molecule has 0 saturated heterocycles. The number of hydrogen-bond acceptors (Lipinski definition) is 7. The molecule has 3 amide bonds. The van der Waals surface area contributed by atoms with Gasteiger partial charge in [-0.05, 0) is 61.9 Å². The molecule has 0 aliphatic heterocycles. The molecule has 0 aromatic heterocycles. The number of nitro benzene ring substituents is 1.